The number of nitrogens with one attached hydrogen (secondary N) is 1. The molecule has 0 aliphatic heterocycles. The number of primary amides is 1. The molecule has 3 rings (SSSR count). The molecule has 0 fully saturated rings. The first kappa shape index (κ1) is 23.0. The number of aryl methyl sites for hydroxylation is 2. The average Bonchev–Trinajstić information content (AvgIpc) is 3.30. The number of carbonyl (C=O) groups is 3. The van der Waals surface area contributed by atoms with Gasteiger partial charge in [0.05, 0.1) is 17.0 Å². The van der Waals surface area contributed by atoms with Gasteiger partial charge in [-0.1, -0.05) is 6.07 Å². The van der Waals surface area contributed by atoms with Crippen molar-refractivity contribution in [2.45, 2.75) is 34.4 Å². The van der Waals surface area contributed by atoms with Gasteiger partial charge in [-0.15, -0.1) is 11.3 Å². The number of aromatic nitrogens is 2. The third-order valence-corrected chi connectivity index (χ3v) is 5.73. The molecule has 2 aromatic heterocycles. The van der Waals surface area contributed by atoms with Crippen molar-refractivity contribution in [3.63, 3.8) is 0 Å². The number of hydrogen-bond donors (Lipinski definition) is 2. The van der Waals surface area contributed by atoms with Crippen molar-refractivity contribution in [3.05, 3.63) is 63.3 Å². The Labute approximate surface area is 189 Å². The van der Waals surface area contributed by atoms with E-state index < -0.39 is 17.8 Å². The van der Waals surface area contributed by atoms with Crippen LogP contribution in [0.2, 0.25) is 0 Å². The number of benzene rings is 1. The number of thiophene rings is 1. The third kappa shape index (κ3) is 5.14. The topological polar surface area (TPSA) is 126 Å². The zero-order chi connectivity index (χ0) is 23.4. The van der Waals surface area contributed by atoms with Crippen LogP contribution in [0, 0.1) is 20.8 Å². The minimum atomic E-state index is -0.689. The molecular formula is C22H24N4O5S. The molecule has 0 aliphatic rings. The summed E-state index contributed by atoms with van der Waals surface area (Å²) in [5, 5.41) is 7.04. The highest BCUT2D eigenvalue weighted by atomic mass is 32.1. The van der Waals surface area contributed by atoms with Gasteiger partial charge in [0.15, 0.2) is 12.4 Å². The number of ether oxygens (including phenoxy) is 2. The molecule has 32 heavy (non-hydrogen) atoms. The number of rotatable bonds is 8. The number of nitrogens with zero attached hydrogens (tertiary/aromatic N) is 2. The van der Waals surface area contributed by atoms with Crippen LogP contribution in [0.4, 0.5) is 5.00 Å². The van der Waals surface area contributed by atoms with Crippen molar-refractivity contribution < 1.29 is 23.9 Å². The quantitative estimate of drug-likeness (QED) is 0.500. The summed E-state index contributed by atoms with van der Waals surface area (Å²) in [7, 11) is 0. The Morgan fingerprint density at radius 3 is 2.47 bits per heavy atom. The van der Waals surface area contributed by atoms with E-state index in [0.717, 1.165) is 22.5 Å². The van der Waals surface area contributed by atoms with E-state index in [0.29, 0.717) is 11.3 Å². The minimum Gasteiger partial charge on any atom is -0.471 e. The zero-order valence-corrected chi connectivity index (χ0v) is 19.0. The molecule has 0 atom stereocenters. The first-order valence-corrected chi connectivity index (χ1v) is 10.7. The van der Waals surface area contributed by atoms with Crippen molar-refractivity contribution in [3.8, 4) is 5.75 Å². The molecule has 3 N–H and O–H groups in total. The monoisotopic (exact) mass is 456 g/mol. The summed E-state index contributed by atoms with van der Waals surface area (Å²) in [5.74, 6) is -1.17. The van der Waals surface area contributed by atoms with Crippen LogP contribution in [0.3, 0.4) is 0 Å². The summed E-state index contributed by atoms with van der Waals surface area (Å²) in [6, 6.07) is 7.40. The number of amides is 2. The predicted molar refractivity (Wildman–Crippen MR) is 120 cm³/mol. The van der Waals surface area contributed by atoms with Crippen molar-refractivity contribution in [2.75, 3.05) is 11.9 Å². The fraction of sp³-hybridized carbons (Fsp3) is 0.273. The van der Waals surface area contributed by atoms with Crippen LogP contribution < -0.4 is 15.8 Å². The number of hydrogen-bond acceptors (Lipinski definition) is 7. The lowest BCUT2D eigenvalue weighted by Gasteiger charge is -2.08. The lowest BCUT2D eigenvalue weighted by Crippen LogP contribution is -2.16. The van der Waals surface area contributed by atoms with Gasteiger partial charge in [-0.3, -0.25) is 9.59 Å². The van der Waals surface area contributed by atoms with Gasteiger partial charge in [0.25, 0.3) is 11.8 Å². The molecule has 0 aliphatic carbocycles. The summed E-state index contributed by atoms with van der Waals surface area (Å²) in [6.45, 7) is 7.48. The molecule has 0 bridgehead atoms. The van der Waals surface area contributed by atoms with Crippen molar-refractivity contribution in [1.82, 2.24) is 9.78 Å². The van der Waals surface area contributed by atoms with E-state index in [-0.39, 0.29) is 34.5 Å². The Hall–Kier alpha value is -3.66. The maximum absolute atomic E-state index is 12.7. The Bertz CT molecular complexity index is 1160. The van der Waals surface area contributed by atoms with Gasteiger partial charge in [0.2, 0.25) is 0 Å². The highest BCUT2D eigenvalue weighted by Gasteiger charge is 2.26. The molecule has 3 aromatic rings. The SMILES string of the molecule is CCOC(=O)c1c(NC(=O)c2ccn(COc3cc(C)cc(C)c3)n2)sc(C(N)=O)c1C. The summed E-state index contributed by atoms with van der Waals surface area (Å²) in [4.78, 5) is 37.0. The van der Waals surface area contributed by atoms with E-state index in [1.54, 1.807) is 20.0 Å². The van der Waals surface area contributed by atoms with Crippen LogP contribution in [0.5, 0.6) is 5.75 Å². The fourth-order valence-electron chi connectivity index (χ4n) is 3.16. The van der Waals surface area contributed by atoms with Gasteiger partial charge in [0, 0.05) is 6.20 Å². The molecular weight excluding hydrogens is 432 g/mol. The molecule has 168 valence electrons. The maximum atomic E-state index is 12.7. The van der Waals surface area contributed by atoms with Crippen LogP contribution >= 0.6 is 11.3 Å². The van der Waals surface area contributed by atoms with Gasteiger partial charge in [0.1, 0.15) is 10.8 Å². The predicted octanol–water partition coefficient (Wildman–Crippen LogP) is 3.43. The lowest BCUT2D eigenvalue weighted by atomic mass is 10.1. The number of carbonyl (C=O) groups excluding carboxylic acids is 3. The first-order chi connectivity index (χ1) is 15.2. The third-order valence-electron chi connectivity index (χ3n) is 4.51. The Balaban J connectivity index is 1.75. The first-order valence-electron chi connectivity index (χ1n) is 9.85. The van der Waals surface area contributed by atoms with E-state index in [2.05, 4.69) is 10.4 Å². The number of esters is 1. The summed E-state index contributed by atoms with van der Waals surface area (Å²) < 4.78 is 12.3. The lowest BCUT2D eigenvalue weighted by molar-refractivity contribution is 0.0527. The van der Waals surface area contributed by atoms with Crippen LogP contribution in [-0.2, 0) is 11.5 Å². The van der Waals surface area contributed by atoms with Gasteiger partial charge in [-0.2, -0.15) is 5.10 Å². The van der Waals surface area contributed by atoms with E-state index >= 15 is 0 Å². The number of anilines is 1. The molecule has 1 aromatic carbocycles. The Morgan fingerprint density at radius 1 is 1.16 bits per heavy atom. The highest BCUT2D eigenvalue weighted by molar-refractivity contribution is 7.18. The van der Waals surface area contributed by atoms with E-state index in [1.165, 1.54) is 10.7 Å². The average molecular weight is 457 g/mol. The van der Waals surface area contributed by atoms with Gasteiger partial charge in [-0.25, -0.2) is 9.48 Å². The van der Waals surface area contributed by atoms with Crippen molar-refractivity contribution in [1.29, 1.82) is 0 Å². The van der Waals surface area contributed by atoms with Crippen LogP contribution in [-0.4, -0.2) is 34.2 Å². The second-order valence-electron chi connectivity index (χ2n) is 7.14. The van der Waals surface area contributed by atoms with Crippen LogP contribution in [0.15, 0.2) is 30.5 Å². The normalized spacial score (nSPS) is 10.6. The van der Waals surface area contributed by atoms with Crippen LogP contribution in [0.25, 0.3) is 0 Å². The molecule has 0 spiro atoms. The van der Waals surface area contributed by atoms with Crippen molar-refractivity contribution in [2.24, 2.45) is 5.73 Å². The van der Waals surface area contributed by atoms with Gasteiger partial charge in [-0.05, 0) is 62.6 Å². The Morgan fingerprint density at radius 2 is 1.84 bits per heavy atom. The van der Waals surface area contributed by atoms with Gasteiger partial charge >= 0.3 is 5.97 Å². The zero-order valence-electron chi connectivity index (χ0n) is 18.2. The van der Waals surface area contributed by atoms with Crippen molar-refractivity contribution >= 4 is 34.1 Å². The molecule has 0 unspecified atom stereocenters. The maximum Gasteiger partial charge on any atom is 0.341 e. The number of nitrogens with two attached hydrogens (primary N) is 1. The molecule has 9 nitrogen and oxygen atoms in total. The second kappa shape index (κ2) is 9.65. The summed E-state index contributed by atoms with van der Waals surface area (Å²) in [5.41, 5.74) is 8.15. The molecule has 2 amide bonds. The second-order valence-corrected chi connectivity index (χ2v) is 8.16. The molecule has 10 heteroatoms. The largest absolute Gasteiger partial charge is 0.471 e. The van der Waals surface area contributed by atoms with E-state index in [4.69, 9.17) is 15.2 Å². The fourth-order valence-corrected chi connectivity index (χ4v) is 4.21. The Kier molecular flexibility index (Phi) is 6.94. The van der Waals surface area contributed by atoms with E-state index in [1.807, 2.05) is 32.0 Å². The highest BCUT2D eigenvalue weighted by Crippen LogP contribution is 2.33. The van der Waals surface area contributed by atoms with Gasteiger partial charge < -0.3 is 20.5 Å². The molecule has 0 radical (unpaired) electrons. The van der Waals surface area contributed by atoms with E-state index in [9.17, 15) is 14.4 Å². The molecule has 2 heterocycles. The molecule has 0 saturated heterocycles. The molecule has 0 saturated carbocycles. The standard InChI is InChI=1S/C22H24N4O5S/c1-5-30-22(29)17-14(4)18(19(23)27)32-21(17)24-20(28)16-6-7-26(25-16)11-31-15-9-12(2)8-13(3)10-15/h6-10H,5,11H2,1-4H3,(H2,23,27)(H,24,28). The van der Waals surface area contributed by atoms with Crippen LogP contribution in [0.1, 0.15) is 54.1 Å². The minimum absolute atomic E-state index is 0.108. The summed E-state index contributed by atoms with van der Waals surface area (Å²) in [6.07, 6.45) is 1.61. The smallest absolute Gasteiger partial charge is 0.341 e. The summed E-state index contributed by atoms with van der Waals surface area (Å²) >= 11 is 0.922.